The number of carboxylic acids is 1. The van der Waals surface area contributed by atoms with Crippen molar-refractivity contribution in [2.45, 2.75) is 25.4 Å². The predicted octanol–water partition coefficient (Wildman–Crippen LogP) is -1.23. The van der Waals surface area contributed by atoms with Gasteiger partial charge in [-0.15, -0.1) is 0 Å². The largest absolute Gasteiger partial charge is 0.480 e. The Kier molecular flexibility index (Phi) is 8.14. The molecule has 5 N–H and O–H groups in total. The molecule has 104 valence electrons. The van der Waals surface area contributed by atoms with Gasteiger partial charge in [0.2, 0.25) is 11.8 Å². The maximum atomic E-state index is 11.6. The zero-order chi connectivity index (χ0) is 14.1. The molecule has 0 heterocycles. The van der Waals surface area contributed by atoms with Crippen LogP contribution >= 0.6 is 11.8 Å². The minimum atomic E-state index is -1.14. The first kappa shape index (κ1) is 16.7. The van der Waals surface area contributed by atoms with Crippen molar-refractivity contribution in [3.8, 4) is 0 Å². The predicted molar refractivity (Wildman–Crippen MR) is 69.2 cm³/mol. The molecule has 7 nitrogen and oxygen atoms in total. The molecule has 0 rings (SSSR count). The Labute approximate surface area is 110 Å². The third-order valence-corrected chi connectivity index (χ3v) is 2.78. The Balaban J connectivity index is 4.05. The molecule has 0 saturated heterocycles. The van der Waals surface area contributed by atoms with Crippen molar-refractivity contribution in [1.82, 2.24) is 10.6 Å². The molecule has 0 spiro atoms. The summed E-state index contributed by atoms with van der Waals surface area (Å²) in [5.41, 5.74) is 5.62. The second kappa shape index (κ2) is 8.76. The van der Waals surface area contributed by atoms with Crippen LogP contribution in [0.4, 0.5) is 0 Å². The molecule has 0 aromatic heterocycles. The van der Waals surface area contributed by atoms with E-state index in [2.05, 4.69) is 10.6 Å². The highest BCUT2D eigenvalue weighted by atomic mass is 32.2. The van der Waals surface area contributed by atoms with Crippen molar-refractivity contribution in [3.05, 3.63) is 0 Å². The van der Waals surface area contributed by atoms with Gasteiger partial charge in [-0.2, -0.15) is 11.8 Å². The summed E-state index contributed by atoms with van der Waals surface area (Å²) >= 11 is 1.58. The summed E-state index contributed by atoms with van der Waals surface area (Å²) in [7, 11) is 0. The second-order valence-corrected chi connectivity index (χ2v) is 4.72. The summed E-state index contributed by atoms with van der Waals surface area (Å²) < 4.78 is 0. The molecular weight excluding hydrogens is 258 g/mol. The standard InChI is InChI=1S/C10H19N3O4S/c1-6(9(16)12-5-8(14)15)13-10(17)7(11)3-4-18-2/h6-7H,3-5,11H2,1-2H3,(H,12,16)(H,13,17)(H,14,15). The van der Waals surface area contributed by atoms with Crippen LogP contribution in [-0.4, -0.2) is 53.5 Å². The zero-order valence-corrected chi connectivity index (χ0v) is 11.3. The smallest absolute Gasteiger partial charge is 0.322 e. The van der Waals surface area contributed by atoms with Gasteiger partial charge in [0.25, 0.3) is 0 Å². The van der Waals surface area contributed by atoms with E-state index in [0.29, 0.717) is 6.42 Å². The molecular formula is C10H19N3O4S. The van der Waals surface area contributed by atoms with E-state index in [1.165, 1.54) is 6.92 Å². The summed E-state index contributed by atoms with van der Waals surface area (Å²) in [6.07, 6.45) is 2.43. The van der Waals surface area contributed by atoms with E-state index < -0.39 is 36.4 Å². The molecule has 0 radical (unpaired) electrons. The van der Waals surface area contributed by atoms with E-state index in [9.17, 15) is 14.4 Å². The molecule has 0 aromatic rings. The number of carboxylic acid groups (broad SMARTS) is 1. The van der Waals surface area contributed by atoms with Gasteiger partial charge in [0.1, 0.15) is 12.6 Å². The molecule has 2 atom stereocenters. The molecule has 2 unspecified atom stereocenters. The Bertz CT molecular complexity index is 311. The summed E-state index contributed by atoms with van der Waals surface area (Å²) in [6, 6.07) is -1.47. The Morgan fingerprint density at radius 1 is 1.33 bits per heavy atom. The quantitative estimate of drug-likeness (QED) is 0.441. The van der Waals surface area contributed by atoms with Crippen molar-refractivity contribution in [1.29, 1.82) is 0 Å². The number of hydrogen-bond acceptors (Lipinski definition) is 5. The van der Waals surface area contributed by atoms with E-state index in [0.717, 1.165) is 5.75 Å². The minimum Gasteiger partial charge on any atom is -0.480 e. The maximum Gasteiger partial charge on any atom is 0.322 e. The van der Waals surface area contributed by atoms with E-state index >= 15 is 0 Å². The summed E-state index contributed by atoms with van der Waals surface area (Å²) in [4.78, 5) is 33.2. The number of aliphatic carboxylic acids is 1. The molecule has 18 heavy (non-hydrogen) atoms. The van der Waals surface area contributed by atoms with Crippen LogP contribution in [0.2, 0.25) is 0 Å². The van der Waals surface area contributed by atoms with Crippen molar-refractivity contribution >= 4 is 29.5 Å². The van der Waals surface area contributed by atoms with Crippen LogP contribution in [-0.2, 0) is 14.4 Å². The molecule has 8 heteroatoms. The van der Waals surface area contributed by atoms with Gasteiger partial charge in [0, 0.05) is 0 Å². The van der Waals surface area contributed by atoms with Crippen LogP contribution in [0.25, 0.3) is 0 Å². The molecule has 0 aliphatic rings. The van der Waals surface area contributed by atoms with Crippen molar-refractivity contribution in [3.63, 3.8) is 0 Å². The number of nitrogens with two attached hydrogens (primary N) is 1. The molecule has 0 aromatic carbocycles. The van der Waals surface area contributed by atoms with Gasteiger partial charge in [0.15, 0.2) is 0 Å². The number of carbonyl (C=O) groups excluding carboxylic acids is 2. The van der Waals surface area contributed by atoms with E-state index in [-0.39, 0.29) is 0 Å². The highest BCUT2D eigenvalue weighted by molar-refractivity contribution is 7.98. The summed E-state index contributed by atoms with van der Waals surface area (Å²) in [5, 5.41) is 13.0. The molecule has 0 fully saturated rings. The average Bonchev–Trinajstić information content (AvgIpc) is 2.32. The monoisotopic (exact) mass is 277 g/mol. The van der Waals surface area contributed by atoms with Crippen LogP contribution in [0.1, 0.15) is 13.3 Å². The van der Waals surface area contributed by atoms with Crippen LogP contribution in [0.15, 0.2) is 0 Å². The average molecular weight is 277 g/mol. The van der Waals surface area contributed by atoms with Crippen molar-refractivity contribution in [2.75, 3.05) is 18.6 Å². The third kappa shape index (κ3) is 7.13. The van der Waals surface area contributed by atoms with E-state index in [4.69, 9.17) is 10.8 Å². The Morgan fingerprint density at radius 2 is 1.94 bits per heavy atom. The van der Waals surface area contributed by atoms with Gasteiger partial charge in [-0.1, -0.05) is 0 Å². The van der Waals surface area contributed by atoms with Crippen LogP contribution in [0.3, 0.4) is 0 Å². The highest BCUT2D eigenvalue weighted by Gasteiger charge is 2.19. The fourth-order valence-electron chi connectivity index (χ4n) is 1.08. The number of thioether (sulfide) groups is 1. The minimum absolute atomic E-state index is 0.415. The van der Waals surface area contributed by atoms with Crippen LogP contribution in [0.5, 0.6) is 0 Å². The third-order valence-electron chi connectivity index (χ3n) is 2.14. The molecule has 0 aliphatic heterocycles. The van der Waals surface area contributed by atoms with Crippen LogP contribution in [0, 0.1) is 0 Å². The first-order valence-electron chi connectivity index (χ1n) is 5.42. The lowest BCUT2D eigenvalue weighted by atomic mass is 10.2. The molecule has 0 saturated carbocycles. The number of amides is 2. The Morgan fingerprint density at radius 3 is 2.44 bits per heavy atom. The van der Waals surface area contributed by atoms with E-state index in [1.54, 1.807) is 11.8 Å². The van der Waals surface area contributed by atoms with Crippen LogP contribution < -0.4 is 16.4 Å². The lowest BCUT2D eigenvalue weighted by Gasteiger charge is -2.16. The topological polar surface area (TPSA) is 122 Å². The van der Waals surface area contributed by atoms with Gasteiger partial charge in [0.05, 0.1) is 6.04 Å². The summed E-state index contributed by atoms with van der Waals surface area (Å²) in [5.74, 6) is -1.35. The normalized spacial score (nSPS) is 13.5. The SMILES string of the molecule is CSCCC(N)C(=O)NC(C)C(=O)NCC(=O)O. The van der Waals surface area contributed by atoms with Gasteiger partial charge in [-0.05, 0) is 25.4 Å². The van der Waals surface area contributed by atoms with Gasteiger partial charge < -0.3 is 21.5 Å². The lowest BCUT2D eigenvalue weighted by molar-refractivity contribution is -0.138. The number of nitrogens with one attached hydrogen (secondary N) is 2. The first-order chi connectivity index (χ1) is 8.38. The van der Waals surface area contributed by atoms with Gasteiger partial charge in [-0.3, -0.25) is 14.4 Å². The maximum absolute atomic E-state index is 11.6. The zero-order valence-electron chi connectivity index (χ0n) is 10.4. The lowest BCUT2D eigenvalue weighted by Crippen LogP contribution is -2.51. The number of hydrogen-bond donors (Lipinski definition) is 4. The number of carbonyl (C=O) groups is 3. The van der Waals surface area contributed by atoms with Gasteiger partial charge >= 0.3 is 5.97 Å². The molecule has 0 bridgehead atoms. The fourth-order valence-corrected chi connectivity index (χ4v) is 1.57. The summed E-state index contributed by atoms with van der Waals surface area (Å²) in [6.45, 7) is 0.994. The first-order valence-corrected chi connectivity index (χ1v) is 6.82. The fraction of sp³-hybridized carbons (Fsp3) is 0.700. The van der Waals surface area contributed by atoms with Gasteiger partial charge in [-0.25, -0.2) is 0 Å². The molecule has 0 aliphatic carbocycles. The van der Waals surface area contributed by atoms with Crippen molar-refractivity contribution in [2.24, 2.45) is 5.73 Å². The van der Waals surface area contributed by atoms with E-state index in [1.807, 2.05) is 6.26 Å². The highest BCUT2D eigenvalue weighted by Crippen LogP contribution is 1.99. The Hall–Kier alpha value is -1.28. The number of rotatable bonds is 8. The van der Waals surface area contributed by atoms with Crippen molar-refractivity contribution < 1.29 is 19.5 Å². The second-order valence-electron chi connectivity index (χ2n) is 3.73. The molecule has 2 amide bonds.